The van der Waals surface area contributed by atoms with Crippen LogP contribution in [0, 0.1) is 0 Å². The van der Waals surface area contributed by atoms with E-state index >= 15 is 0 Å². The average molecular weight is 435 g/mol. The molecule has 6 nitrogen and oxygen atoms in total. The smallest absolute Gasteiger partial charge is 0.411 e. The Bertz CT molecular complexity index is 617. The number of rotatable bonds is 5. The number of fused-ring (bicyclic) bond motifs is 1. The van der Waals surface area contributed by atoms with Crippen LogP contribution in [0.1, 0.15) is 40.0 Å². The van der Waals surface area contributed by atoms with E-state index in [1.807, 2.05) is 33.9 Å². The van der Waals surface area contributed by atoms with E-state index in [0.717, 1.165) is 6.42 Å². The molecule has 160 valence electrons. The van der Waals surface area contributed by atoms with Gasteiger partial charge in [0.2, 0.25) is 0 Å². The van der Waals surface area contributed by atoms with Crippen LogP contribution in [-0.2, 0) is 28.2 Å². The monoisotopic (exact) mass is 434 g/mol. The molecule has 27 heavy (non-hydrogen) atoms. The molecule has 0 saturated carbocycles. The molecule has 0 aromatic rings. The van der Waals surface area contributed by atoms with Gasteiger partial charge < -0.3 is 13.9 Å². The number of halogens is 3. The summed E-state index contributed by atoms with van der Waals surface area (Å²) in [6, 6.07) is 0. The summed E-state index contributed by atoms with van der Waals surface area (Å²) in [6.07, 6.45) is -0.0577. The van der Waals surface area contributed by atoms with Crippen molar-refractivity contribution in [2.75, 3.05) is 13.2 Å². The Morgan fingerprint density at radius 1 is 1.15 bits per heavy atom. The molecule has 0 amide bonds. The van der Waals surface area contributed by atoms with Crippen LogP contribution < -0.4 is 0 Å². The first-order valence-corrected chi connectivity index (χ1v) is 13.4. The van der Waals surface area contributed by atoms with Crippen LogP contribution in [0.15, 0.2) is 0 Å². The van der Waals surface area contributed by atoms with Gasteiger partial charge in [-0.05, 0) is 31.0 Å². The summed E-state index contributed by atoms with van der Waals surface area (Å²) in [6.45, 7) is 10.0. The zero-order valence-corrected chi connectivity index (χ0v) is 18.2. The highest BCUT2D eigenvalue weighted by molar-refractivity contribution is 7.87. The van der Waals surface area contributed by atoms with Crippen LogP contribution in [0.3, 0.4) is 0 Å². The molecule has 0 unspecified atom stereocenters. The lowest BCUT2D eigenvalue weighted by Crippen LogP contribution is -2.56. The van der Waals surface area contributed by atoms with Crippen LogP contribution in [0.2, 0.25) is 18.1 Å². The quantitative estimate of drug-likeness (QED) is 0.374. The number of alkyl halides is 3. The lowest BCUT2D eigenvalue weighted by atomic mass is 9.94. The van der Waals surface area contributed by atoms with E-state index in [1.54, 1.807) is 0 Å². The molecular weight excluding hydrogens is 405 g/mol. The molecular formula is C16H29F3O6SSi. The summed E-state index contributed by atoms with van der Waals surface area (Å²) in [5.41, 5.74) is -5.46. The predicted molar refractivity (Wildman–Crippen MR) is 95.2 cm³/mol. The van der Waals surface area contributed by atoms with E-state index in [1.165, 1.54) is 0 Å². The van der Waals surface area contributed by atoms with Crippen LogP contribution >= 0.6 is 0 Å². The van der Waals surface area contributed by atoms with Crippen molar-refractivity contribution in [3.05, 3.63) is 0 Å². The summed E-state index contributed by atoms with van der Waals surface area (Å²) >= 11 is 0. The molecule has 0 radical (unpaired) electrons. The van der Waals surface area contributed by atoms with Gasteiger partial charge in [0.25, 0.3) is 0 Å². The van der Waals surface area contributed by atoms with Crippen molar-refractivity contribution in [2.24, 2.45) is 0 Å². The number of hydrogen-bond donors (Lipinski definition) is 0. The van der Waals surface area contributed by atoms with Gasteiger partial charge in [0.1, 0.15) is 6.10 Å². The first kappa shape index (κ1) is 23.1. The van der Waals surface area contributed by atoms with E-state index in [-0.39, 0.29) is 17.2 Å². The Kier molecular flexibility index (Phi) is 6.76. The molecule has 0 bridgehead atoms. The summed E-state index contributed by atoms with van der Waals surface area (Å²) in [5, 5.41) is -0.124. The third-order valence-electron chi connectivity index (χ3n) is 5.53. The summed E-state index contributed by atoms with van der Waals surface area (Å²) in [7, 11) is -7.94. The topological polar surface area (TPSA) is 71.1 Å². The highest BCUT2D eigenvalue weighted by atomic mass is 32.2. The van der Waals surface area contributed by atoms with Gasteiger partial charge in [-0.3, -0.25) is 4.18 Å². The fourth-order valence-electron chi connectivity index (χ4n) is 2.93. The third kappa shape index (κ3) is 5.45. The molecule has 2 fully saturated rings. The SMILES string of the molecule is CC(C)(C)[Si](C)(C)O[C@H]1C[C@H]2OCCC[C@@H]2O[C@@H]1COS(=O)(=O)C(F)(F)F. The molecule has 0 spiro atoms. The van der Waals surface area contributed by atoms with Crippen molar-refractivity contribution >= 4 is 18.4 Å². The van der Waals surface area contributed by atoms with Crippen molar-refractivity contribution in [1.82, 2.24) is 0 Å². The first-order valence-electron chi connectivity index (χ1n) is 9.05. The third-order valence-corrected chi connectivity index (χ3v) is 11.0. The van der Waals surface area contributed by atoms with Gasteiger partial charge in [0.15, 0.2) is 8.32 Å². The maximum atomic E-state index is 12.6. The van der Waals surface area contributed by atoms with Gasteiger partial charge in [-0.2, -0.15) is 21.6 Å². The van der Waals surface area contributed by atoms with Crippen molar-refractivity contribution in [2.45, 2.75) is 88.1 Å². The minimum Gasteiger partial charge on any atom is -0.411 e. The zero-order valence-electron chi connectivity index (χ0n) is 16.3. The van der Waals surface area contributed by atoms with Crippen molar-refractivity contribution < 1.29 is 39.7 Å². The summed E-state index contributed by atoms with van der Waals surface area (Å²) in [4.78, 5) is 0. The van der Waals surface area contributed by atoms with Crippen LogP contribution in [0.4, 0.5) is 13.2 Å². The van der Waals surface area contributed by atoms with E-state index in [2.05, 4.69) is 4.18 Å². The zero-order chi connectivity index (χ0) is 20.7. The molecule has 0 N–H and O–H groups in total. The maximum absolute atomic E-state index is 12.6. The Morgan fingerprint density at radius 3 is 2.33 bits per heavy atom. The highest BCUT2D eigenvalue weighted by Crippen LogP contribution is 2.40. The maximum Gasteiger partial charge on any atom is 0.523 e. The van der Waals surface area contributed by atoms with Crippen molar-refractivity contribution in [3.8, 4) is 0 Å². The van der Waals surface area contributed by atoms with E-state index in [0.29, 0.717) is 19.4 Å². The van der Waals surface area contributed by atoms with Crippen molar-refractivity contribution in [1.29, 1.82) is 0 Å². The molecule has 2 aliphatic heterocycles. The van der Waals surface area contributed by atoms with Crippen LogP contribution in [-0.4, -0.2) is 59.9 Å². The fraction of sp³-hybridized carbons (Fsp3) is 1.00. The van der Waals surface area contributed by atoms with Crippen LogP contribution in [0.25, 0.3) is 0 Å². The summed E-state index contributed by atoms with van der Waals surface area (Å²) < 4.78 is 82.5. The lowest BCUT2D eigenvalue weighted by Gasteiger charge is -2.47. The number of ether oxygens (including phenoxy) is 2. The van der Waals surface area contributed by atoms with Crippen LogP contribution in [0.5, 0.6) is 0 Å². The van der Waals surface area contributed by atoms with E-state index in [4.69, 9.17) is 13.9 Å². The van der Waals surface area contributed by atoms with Gasteiger partial charge in [0.05, 0.1) is 24.9 Å². The fourth-order valence-corrected chi connectivity index (χ4v) is 4.74. The van der Waals surface area contributed by atoms with Gasteiger partial charge >= 0.3 is 15.6 Å². The largest absolute Gasteiger partial charge is 0.523 e. The molecule has 0 aromatic carbocycles. The molecule has 11 heteroatoms. The standard InChI is InChI=1S/C16H29F3O6SSi/c1-15(2,3)27(4,5)25-13-9-12-11(7-6-8-22-12)24-14(13)10-23-26(20,21)16(17,18)19/h11-14H,6-10H2,1-5H3/t11-,12+,13-,14+/m0/s1. The Labute approximate surface area is 159 Å². The molecule has 2 saturated heterocycles. The Balaban J connectivity index is 2.16. The van der Waals surface area contributed by atoms with Gasteiger partial charge in [0, 0.05) is 13.0 Å². The second kappa shape index (κ2) is 7.90. The average Bonchev–Trinajstić information content (AvgIpc) is 2.50. The van der Waals surface area contributed by atoms with Gasteiger partial charge in [-0.1, -0.05) is 20.8 Å². The predicted octanol–water partition coefficient (Wildman–Crippen LogP) is 3.58. The minimum absolute atomic E-state index is 0.124. The Hall–Kier alpha value is -0.203. The molecule has 2 aliphatic rings. The molecule has 0 aromatic heterocycles. The molecule has 2 heterocycles. The second-order valence-electron chi connectivity index (χ2n) is 8.60. The molecule has 4 atom stereocenters. The number of hydrogen-bond acceptors (Lipinski definition) is 6. The van der Waals surface area contributed by atoms with E-state index < -0.39 is 42.8 Å². The summed E-state index contributed by atoms with van der Waals surface area (Å²) in [5.74, 6) is 0. The van der Waals surface area contributed by atoms with Gasteiger partial charge in [-0.15, -0.1) is 0 Å². The first-order chi connectivity index (χ1) is 12.1. The van der Waals surface area contributed by atoms with Gasteiger partial charge in [-0.25, -0.2) is 0 Å². The normalized spacial score (nSPS) is 30.8. The second-order valence-corrected chi connectivity index (χ2v) is 15.0. The van der Waals surface area contributed by atoms with E-state index in [9.17, 15) is 21.6 Å². The molecule has 0 aliphatic carbocycles. The highest BCUT2D eigenvalue weighted by Gasteiger charge is 2.50. The lowest BCUT2D eigenvalue weighted by molar-refractivity contribution is -0.204. The Morgan fingerprint density at radius 2 is 1.78 bits per heavy atom. The van der Waals surface area contributed by atoms with Crippen molar-refractivity contribution in [3.63, 3.8) is 0 Å². The molecule has 2 rings (SSSR count). The minimum atomic E-state index is -5.68.